The van der Waals surface area contributed by atoms with Crippen molar-refractivity contribution in [2.75, 3.05) is 0 Å². The van der Waals surface area contributed by atoms with E-state index >= 15 is 0 Å². The van der Waals surface area contributed by atoms with Crippen LogP contribution in [0.4, 0.5) is 0 Å². The summed E-state index contributed by atoms with van der Waals surface area (Å²) in [6.45, 7) is 4.03. The van der Waals surface area contributed by atoms with Crippen molar-refractivity contribution in [1.29, 1.82) is 0 Å². The zero-order valence-corrected chi connectivity index (χ0v) is 10.3. The van der Waals surface area contributed by atoms with Gasteiger partial charge in [0.05, 0.1) is 0 Å². The predicted octanol–water partition coefficient (Wildman–Crippen LogP) is 1.63. The molecule has 0 aliphatic heterocycles. The highest BCUT2D eigenvalue weighted by Gasteiger charge is 2.03. The summed E-state index contributed by atoms with van der Waals surface area (Å²) in [5, 5.41) is 6.54. The summed E-state index contributed by atoms with van der Waals surface area (Å²) >= 11 is 10.2. The molecule has 0 fully saturated rings. The Balaban J connectivity index is 2.53. The van der Waals surface area contributed by atoms with Crippen molar-refractivity contribution in [2.24, 2.45) is 0 Å². The Morgan fingerprint density at radius 2 is 2.13 bits per heavy atom. The van der Waals surface area contributed by atoms with Crippen LogP contribution in [0.25, 0.3) is 0 Å². The van der Waals surface area contributed by atoms with Crippen LogP contribution in [0.3, 0.4) is 0 Å². The molecule has 0 saturated carbocycles. The molecule has 1 heterocycles. The van der Waals surface area contributed by atoms with Gasteiger partial charge < -0.3 is 10.6 Å². The maximum absolute atomic E-state index is 5.17. The molecule has 0 atom stereocenters. The molecule has 15 heavy (non-hydrogen) atoms. The number of pyridine rings is 1. The Kier molecular flexibility index (Phi) is 4.58. The lowest BCUT2D eigenvalue weighted by atomic mass is 10.3. The summed E-state index contributed by atoms with van der Waals surface area (Å²) in [6.07, 6.45) is 3.41. The van der Waals surface area contributed by atoms with E-state index in [0.717, 1.165) is 5.56 Å². The van der Waals surface area contributed by atoms with Gasteiger partial charge in [-0.05, 0) is 38.2 Å². The van der Waals surface area contributed by atoms with E-state index in [-0.39, 0.29) is 0 Å². The van der Waals surface area contributed by atoms with Gasteiger partial charge in [-0.2, -0.15) is 0 Å². The maximum Gasteiger partial charge on any atom is 0.171 e. The van der Waals surface area contributed by atoms with E-state index in [2.05, 4.69) is 15.6 Å². The highest BCUT2D eigenvalue weighted by molar-refractivity contribution is 7.82. The first-order chi connectivity index (χ1) is 7.09. The van der Waals surface area contributed by atoms with E-state index in [0.29, 0.717) is 16.1 Å². The molecule has 0 radical (unpaired) electrons. The Bertz CT molecular complexity index is 349. The first kappa shape index (κ1) is 12.0. The minimum atomic E-state index is 0.293. The maximum atomic E-state index is 5.17. The number of aromatic nitrogens is 1. The van der Waals surface area contributed by atoms with Crippen molar-refractivity contribution in [1.82, 2.24) is 15.6 Å². The minimum absolute atomic E-state index is 0.293. The number of hydrogen-bond donors (Lipinski definition) is 2. The summed E-state index contributed by atoms with van der Waals surface area (Å²) in [5.41, 5.74) is 0.861. The third kappa shape index (κ3) is 4.31. The lowest BCUT2D eigenvalue weighted by molar-refractivity contribution is 0.731. The van der Waals surface area contributed by atoms with Crippen molar-refractivity contribution in [3.05, 3.63) is 30.1 Å². The van der Waals surface area contributed by atoms with Crippen molar-refractivity contribution in [3.8, 4) is 0 Å². The van der Waals surface area contributed by atoms with Gasteiger partial charge in [0.2, 0.25) is 0 Å². The molecule has 0 bridgehead atoms. The molecule has 1 aromatic heterocycles. The molecule has 1 rings (SSSR count). The normalized spacial score (nSPS) is 9.80. The summed E-state index contributed by atoms with van der Waals surface area (Å²) in [5.74, 6) is 0. The minimum Gasteiger partial charge on any atom is -0.360 e. The molecule has 0 saturated heterocycles. The van der Waals surface area contributed by atoms with E-state index in [9.17, 15) is 0 Å². The second-order valence-corrected chi connectivity index (χ2v) is 4.14. The number of hydrogen-bond acceptors (Lipinski definition) is 3. The highest BCUT2D eigenvalue weighted by Crippen LogP contribution is 1.96. The van der Waals surface area contributed by atoms with Crippen molar-refractivity contribution >= 4 is 34.5 Å². The van der Waals surface area contributed by atoms with Gasteiger partial charge in [0.15, 0.2) is 5.11 Å². The molecule has 5 heteroatoms. The largest absolute Gasteiger partial charge is 0.360 e. The fourth-order valence-corrected chi connectivity index (χ4v) is 1.60. The fourth-order valence-electron chi connectivity index (χ4n) is 0.971. The Labute approximate surface area is 100 Å². The molecule has 0 aliphatic carbocycles. The molecule has 0 aromatic carbocycles. The van der Waals surface area contributed by atoms with E-state index < -0.39 is 0 Å². The van der Waals surface area contributed by atoms with Gasteiger partial charge in [-0.1, -0.05) is 12.2 Å². The molecule has 0 amide bonds. The summed E-state index contributed by atoms with van der Waals surface area (Å²) in [6, 6.07) is 4.02. The second kappa shape index (κ2) is 5.72. The van der Waals surface area contributed by atoms with Crippen LogP contribution in [0.2, 0.25) is 0 Å². The Hall–Kier alpha value is -1.07. The molecule has 3 nitrogen and oxygen atoms in total. The Morgan fingerprint density at radius 3 is 2.67 bits per heavy atom. The van der Waals surface area contributed by atoms with Gasteiger partial charge in [0.1, 0.15) is 4.99 Å². The zero-order valence-electron chi connectivity index (χ0n) is 8.65. The monoisotopic (exact) mass is 239 g/mol. The zero-order chi connectivity index (χ0) is 11.3. The molecular weight excluding hydrogens is 226 g/mol. The topological polar surface area (TPSA) is 37.0 Å². The Morgan fingerprint density at radius 1 is 1.40 bits per heavy atom. The molecule has 1 aromatic rings. The average Bonchev–Trinajstić information content (AvgIpc) is 2.17. The van der Waals surface area contributed by atoms with Crippen LogP contribution in [-0.4, -0.2) is 21.1 Å². The average molecular weight is 239 g/mol. The van der Waals surface area contributed by atoms with Crippen molar-refractivity contribution < 1.29 is 0 Å². The van der Waals surface area contributed by atoms with Crippen LogP contribution < -0.4 is 10.6 Å². The summed E-state index contributed by atoms with van der Waals surface area (Å²) in [4.78, 5) is 4.57. The summed E-state index contributed by atoms with van der Waals surface area (Å²) in [7, 11) is 0. The smallest absolute Gasteiger partial charge is 0.171 e. The van der Waals surface area contributed by atoms with Gasteiger partial charge in [-0.25, -0.2) is 0 Å². The lowest BCUT2D eigenvalue weighted by Gasteiger charge is -2.13. The van der Waals surface area contributed by atoms with E-state index in [1.807, 2.05) is 26.0 Å². The van der Waals surface area contributed by atoms with Gasteiger partial charge in [0, 0.05) is 24.0 Å². The van der Waals surface area contributed by atoms with Crippen LogP contribution in [0.15, 0.2) is 24.5 Å². The summed E-state index contributed by atoms with van der Waals surface area (Å²) < 4.78 is 0. The van der Waals surface area contributed by atoms with Gasteiger partial charge in [-0.15, -0.1) is 0 Å². The second-order valence-electron chi connectivity index (χ2n) is 3.32. The van der Waals surface area contributed by atoms with Crippen LogP contribution in [0.5, 0.6) is 0 Å². The highest BCUT2D eigenvalue weighted by atomic mass is 32.1. The molecule has 0 unspecified atom stereocenters. The van der Waals surface area contributed by atoms with Crippen LogP contribution in [0, 0.1) is 0 Å². The quantitative estimate of drug-likeness (QED) is 0.767. The fraction of sp³-hybridized carbons (Fsp3) is 0.300. The van der Waals surface area contributed by atoms with Gasteiger partial charge in [0.25, 0.3) is 0 Å². The molecule has 0 aliphatic rings. The van der Waals surface area contributed by atoms with Crippen LogP contribution in [-0.2, 0) is 0 Å². The third-order valence-electron chi connectivity index (χ3n) is 1.57. The van der Waals surface area contributed by atoms with Gasteiger partial charge >= 0.3 is 0 Å². The van der Waals surface area contributed by atoms with E-state index in [1.54, 1.807) is 12.4 Å². The standard InChI is InChI=1S/C10H13N3S2/c1-7(2)12-10(15)13-9(14)8-4-3-5-11-6-8/h3-7H,1-2H3,(H2,12,13,14,15). The molecule has 2 N–H and O–H groups in total. The number of nitrogens with one attached hydrogen (secondary N) is 2. The first-order valence-electron chi connectivity index (χ1n) is 4.61. The molecule has 0 spiro atoms. The van der Waals surface area contributed by atoms with Crippen LogP contribution in [0.1, 0.15) is 19.4 Å². The van der Waals surface area contributed by atoms with Crippen LogP contribution >= 0.6 is 24.4 Å². The third-order valence-corrected chi connectivity index (χ3v) is 2.13. The van der Waals surface area contributed by atoms with E-state index in [1.165, 1.54) is 0 Å². The molecular formula is C10H13N3S2. The SMILES string of the molecule is CC(C)NC(=S)NC(=S)c1cccnc1. The predicted molar refractivity (Wildman–Crippen MR) is 69.9 cm³/mol. The number of nitrogens with zero attached hydrogens (tertiary/aromatic N) is 1. The lowest BCUT2D eigenvalue weighted by Crippen LogP contribution is -2.41. The van der Waals surface area contributed by atoms with E-state index in [4.69, 9.17) is 24.4 Å². The number of rotatable bonds is 2. The number of thiocarbonyl (C=S) groups is 2. The van der Waals surface area contributed by atoms with Crippen molar-refractivity contribution in [2.45, 2.75) is 19.9 Å². The molecule has 80 valence electrons. The van der Waals surface area contributed by atoms with Crippen molar-refractivity contribution in [3.63, 3.8) is 0 Å². The first-order valence-corrected chi connectivity index (χ1v) is 5.43. The van der Waals surface area contributed by atoms with Gasteiger partial charge in [-0.3, -0.25) is 4.98 Å².